The Morgan fingerprint density at radius 1 is 1.11 bits per heavy atom. The fraction of sp³-hybridized carbons (Fsp3) is 0.280. The van der Waals surface area contributed by atoms with Crippen molar-refractivity contribution < 1.29 is 27.5 Å². The minimum Gasteiger partial charge on any atom is -0.496 e. The van der Waals surface area contributed by atoms with Gasteiger partial charge in [-0.1, -0.05) is 0 Å². The Kier molecular flexibility index (Phi) is 7.09. The molecule has 8 nitrogen and oxygen atoms in total. The van der Waals surface area contributed by atoms with E-state index in [4.69, 9.17) is 4.74 Å². The molecule has 0 bridgehead atoms. The van der Waals surface area contributed by atoms with E-state index in [9.17, 15) is 22.8 Å². The number of rotatable bonds is 6. The van der Waals surface area contributed by atoms with Gasteiger partial charge in [-0.05, 0) is 48.4 Å². The van der Waals surface area contributed by atoms with Gasteiger partial charge >= 0.3 is 6.18 Å². The number of anilines is 2. The second-order valence-corrected chi connectivity index (χ2v) is 8.28. The van der Waals surface area contributed by atoms with Crippen molar-refractivity contribution in [3.05, 3.63) is 77.4 Å². The van der Waals surface area contributed by atoms with E-state index in [1.54, 1.807) is 37.5 Å². The summed E-state index contributed by atoms with van der Waals surface area (Å²) in [5.41, 5.74) is 1.28. The molecule has 1 saturated heterocycles. The molecular formula is C25H24F3N5O3. The predicted octanol–water partition coefficient (Wildman–Crippen LogP) is 4.11. The summed E-state index contributed by atoms with van der Waals surface area (Å²) in [6.45, 7) is 1.34. The van der Waals surface area contributed by atoms with Gasteiger partial charge in [0.05, 0.1) is 24.6 Å². The van der Waals surface area contributed by atoms with Gasteiger partial charge in [0.15, 0.2) is 0 Å². The highest BCUT2D eigenvalue weighted by atomic mass is 19.4. The van der Waals surface area contributed by atoms with Crippen molar-refractivity contribution in [1.29, 1.82) is 0 Å². The van der Waals surface area contributed by atoms with Crippen LogP contribution in [0.25, 0.3) is 0 Å². The Morgan fingerprint density at radius 3 is 2.64 bits per heavy atom. The Morgan fingerprint density at radius 2 is 1.92 bits per heavy atom. The van der Waals surface area contributed by atoms with Crippen LogP contribution in [0.2, 0.25) is 0 Å². The first-order valence-electron chi connectivity index (χ1n) is 11.1. The van der Waals surface area contributed by atoms with Gasteiger partial charge in [-0.2, -0.15) is 13.2 Å². The van der Waals surface area contributed by atoms with E-state index in [2.05, 4.69) is 25.5 Å². The number of nitrogens with one attached hydrogen (secondary N) is 2. The molecule has 2 amide bonds. The van der Waals surface area contributed by atoms with Crippen LogP contribution < -0.4 is 20.3 Å². The van der Waals surface area contributed by atoms with Crippen LogP contribution in [0, 0.1) is 0 Å². The zero-order chi connectivity index (χ0) is 25.9. The van der Waals surface area contributed by atoms with Crippen molar-refractivity contribution in [2.24, 2.45) is 0 Å². The van der Waals surface area contributed by atoms with Gasteiger partial charge in [0.2, 0.25) is 0 Å². The molecule has 1 fully saturated rings. The van der Waals surface area contributed by atoms with Crippen LogP contribution in [-0.4, -0.2) is 49.0 Å². The molecule has 11 heteroatoms. The molecule has 1 aliphatic rings. The number of pyridine rings is 2. The number of carbonyl (C=O) groups excluding carboxylic acids is 2. The lowest BCUT2D eigenvalue weighted by Crippen LogP contribution is -2.22. The third kappa shape index (κ3) is 5.40. The van der Waals surface area contributed by atoms with E-state index in [0.717, 1.165) is 36.5 Å². The highest BCUT2D eigenvalue weighted by Crippen LogP contribution is 2.36. The third-order valence-electron chi connectivity index (χ3n) is 6.01. The molecule has 188 valence electrons. The minimum atomic E-state index is -4.56. The molecule has 0 saturated carbocycles. The maximum atomic E-state index is 13.0. The maximum Gasteiger partial charge on any atom is 0.417 e. The molecule has 3 heterocycles. The first-order chi connectivity index (χ1) is 17.2. The summed E-state index contributed by atoms with van der Waals surface area (Å²) >= 11 is 0. The first kappa shape index (κ1) is 25.0. The maximum absolute atomic E-state index is 13.0. The fourth-order valence-corrected chi connectivity index (χ4v) is 4.18. The molecule has 0 unspecified atom stereocenters. The van der Waals surface area contributed by atoms with E-state index in [1.165, 1.54) is 7.11 Å². The number of carbonyl (C=O) groups is 2. The Balaban J connectivity index is 1.53. The lowest BCUT2D eigenvalue weighted by atomic mass is 9.95. The second kappa shape index (κ2) is 10.2. The molecule has 2 N–H and O–H groups in total. The summed E-state index contributed by atoms with van der Waals surface area (Å²) in [6.07, 6.45) is -0.342. The van der Waals surface area contributed by atoms with Crippen LogP contribution in [0.4, 0.5) is 24.5 Å². The van der Waals surface area contributed by atoms with Crippen molar-refractivity contribution in [1.82, 2.24) is 15.3 Å². The molecule has 1 atom stereocenters. The number of amides is 2. The van der Waals surface area contributed by atoms with Crippen LogP contribution in [0.15, 0.2) is 55.0 Å². The largest absolute Gasteiger partial charge is 0.496 e. The highest BCUT2D eigenvalue weighted by Gasteiger charge is 2.31. The second-order valence-electron chi connectivity index (χ2n) is 8.28. The van der Waals surface area contributed by atoms with E-state index in [0.29, 0.717) is 24.2 Å². The SMILES string of the molecule is CNC(=O)c1cc(N2CC[C@@H](c3cc(C(=O)Nc4cncc(C(F)(F)F)c4)ccc3OC)C2)ccn1. The van der Waals surface area contributed by atoms with E-state index >= 15 is 0 Å². The third-order valence-corrected chi connectivity index (χ3v) is 6.01. The van der Waals surface area contributed by atoms with Gasteiger partial charge in [0.1, 0.15) is 11.4 Å². The Bertz CT molecular complexity index is 1280. The highest BCUT2D eigenvalue weighted by molar-refractivity contribution is 6.04. The molecule has 1 aliphatic heterocycles. The normalized spacial score (nSPS) is 15.5. The Hall–Kier alpha value is -4.15. The summed E-state index contributed by atoms with van der Waals surface area (Å²) in [4.78, 5) is 34.6. The van der Waals surface area contributed by atoms with Crippen molar-refractivity contribution in [3.8, 4) is 5.75 Å². The summed E-state index contributed by atoms with van der Waals surface area (Å²) in [7, 11) is 3.08. The topological polar surface area (TPSA) is 96.5 Å². The number of hydrogen-bond donors (Lipinski definition) is 2. The summed E-state index contributed by atoms with van der Waals surface area (Å²) in [5.74, 6) is -0.192. The van der Waals surface area contributed by atoms with Gasteiger partial charge in [0, 0.05) is 49.7 Å². The number of halogens is 3. The number of ether oxygens (including phenoxy) is 1. The molecule has 36 heavy (non-hydrogen) atoms. The van der Waals surface area contributed by atoms with Crippen LogP contribution in [-0.2, 0) is 6.18 Å². The molecule has 3 aromatic rings. The number of nitrogens with zero attached hydrogens (tertiary/aromatic N) is 3. The van der Waals surface area contributed by atoms with E-state index in [1.807, 2.05) is 6.07 Å². The fourth-order valence-electron chi connectivity index (χ4n) is 4.18. The van der Waals surface area contributed by atoms with Gasteiger partial charge in [-0.15, -0.1) is 0 Å². The zero-order valence-corrected chi connectivity index (χ0v) is 19.6. The van der Waals surface area contributed by atoms with Crippen molar-refractivity contribution in [3.63, 3.8) is 0 Å². The van der Waals surface area contributed by atoms with Gasteiger partial charge < -0.3 is 20.3 Å². The number of aromatic nitrogens is 2. The molecule has 0 aliphatic carbocycles. The number of methoxy groups -OCH3 is 1. The molecular weight excluding hydrogens is 475 g/mol. The van der Waals surface area contributed by atoms with Crippen molar-refractivity contribution in [2.45, 2.75) is 18.5 Å². The van der Waals surface area contributed by atoms with Gasteiger partial charge in [-0.3, -0.25) is 19.6 Å². The summed E-state index contributed by atoms with van der Waals surface area (Å²) in [6, 6.07) is 9.33. The predicted molar refractivity (Wildman–Crippen MR) is 127 cm³/mol. The number of benzene rings is 1. The lowest BCUT2D eigenvalue weighted by molar-refractivity contribution is -0.137. The van der Waals surface area contributed by atoms with E-state index in [-0.39, 0.29) is 23.1 Å². The van der Waals surface area contributed by atoms with Crippen LogP contribution in [0.3, 0.4) is 0 Å². The van der Waals surface area contributed by atoms with Crippen LogP contribution in [0.5, 0.6) is 5.75 Å². The van der Waals surface area contributed by atoms with Crippen molar-refractivity contribution in [2.75, 3.05) is 37.5 Å². The number of hydrogen-bond acceptors (Lipinski definition) is 6. The summed E-state index contributed by atoms with van der Waals surface area (Å²) < 4.78 is 44.5. The van der Waals surface area contributed by atoms with Crippen LogP contribution >= 0.6 is 0 Å². The summed E-state index contributed by atoms with van der Waals surface area (Å²) in [5, 5.41) is 5.04. The van der Waals surface area contributed by atoms with Crippen LogP contribution in [0.1, 0.15) is 44.3 Å². The molecule has 0 spiro atoms. The van der Waals surface area contributed by atoms with Crippen molar-refractivity contribution >= 4 is 23.2 Å². The molecule has 2 aromatic heterocycles. The smallest absolute Gasteiger partial charge is 0.417 e. The average Bonchev–Trinajstić information content (AvgIpc) is 3.38. The van der Waals surface area contributed by atoms with Gasteiger partial charge in [0.25, 0.3) is 11.8 Å². The average molecular weight is 499 g/mol. The standard InChI is InChI=1S/C25H24F3N5O3/c1-29-24(35)21-11-19(5-7-31-21)33-8-6-16(14-33)20-9-15(3-4-22(20)36-2)23(34)32-18-10-17(12-30-13-18)25(26,27)28/h3-5,7,9-13,16H,6,8,14H2,1-2H3,(H,29,35)(H,32,34)/t16-/m1/s1. The van der Waals surface area contributed by atoms with E-state index < -0.39 is 17.6 Å². The lowest BCUT2D eigenvalue weighted by Gasteiger charge is -2.20. The van der Waals surface area contributed by atoms with Gasteiger partial charge in [-0.25, -0.2) is 0 Å². The molecule has 0 radical (unpaired) electrons. The zero-order valence-electron chi connectivity index (χ0n) is 19.6. The molecule has 1 aromatic carbocycles. The minimum absolute atomic E-state index is 0.0274. The quantitative estimate of drug-likeness (QED) is 0.530. The first-order valence-corrected chi connectivity index (χ1v) is 11.1. The Labute approximate surface area is 205 Å². The number of alkyl halides is 3. The molecule has 4 rings (SSSR count). The monoisotopic (exact) mass is 499 g/mol.